The van der Waals surface area contributed by atoms with E-state index in [2.05, 4.69) is 10.6 Å². The van der Waals surface area contributed by atoms with Gasteiger partial charge in [-0.1, -0.05) is 17.7 Å². The first-order valence-corrected chi connectivity index (χ1v) is 6.91. The summed E-state index contributed by atoms with van der Waals surface area (Å²) in [6, 6.07) is 15.4. The van der Waals surface area contributed by atoms with Crippen LogP contribution >= 0.6 is 11.6 Å². The third-order valence-electron chi connectivity index (χ3n) is 3.51. The lowest BCUT2D eigenvalue weighted by molar-refractivity contribution is 0.408. The molecule has 0 bridgehead atoms. The van der Waals surface area contributed by atoms with Gasteiger partial charge in [0, 0.05) is 27.7 Å². The lowest BCUT2D eigenvalue weighted by Gasteiger charge is -2.11. The quantitative estimate of drug-likeness (QED) is 0.725. The van der Waals surface area contributed by atoms with Gasteiger partial charge in [0.2, 0.25) is 0 Å². The van der Waals surface area contributed by atoms with Crippen molar-refractivity contribution in [2.75, 3.05) is 7.11 Å². The number of nitrogens with zero attached hydrogens (tertiary/aromatic N) is 2. The van der Waals surface area contributed by atoms with Gasteiger partial charge in [0.15, 0.2) is 0 Å². The van der Waals surface area contributed by atoms with Gasteiger partial charge >= 0.3 is 0 Å². The maximum absolute atomic E-state index is 9.04. The summed E-state index contributed by atoms with van der Waals surface area (Å²) in [6.07, 6.45) is 2.00. The third kappa shape index (κ3) is 2.46. The minimum absolute atomic E-state index is 0.625. The highest BCUT2D eigenvalue weighted by atomic mass is 35.5. The van der Waals surface area contributed by atoms with Gasteiger partial charge in [-0.3, -0.25) is 0 Å². The van der Waals surface area contributed by atoms with E-state index in [1.807, 2.05) is 42.6 Å². The van der Waals surface area contributed by atoms with E-state index in [9.17, 15) is 0 Å². The molecule has 3 rings (SSSR count). The van der Waals surface area contributed by atoms with E-state index in [-0.39, 0.29) is 0 Å². The Morgan fingerprint density at radius 1 is 1.24 bits per heavy atom. The first-order chi connectivity index (χ1) is 10.2. The van der Waals surface area contributed by atoms with Gasteiger partial charge in [0.25, 0.3) is 0 Å². The van der Waals surface area contributed by atoms with Crippen molar-refractivity contribution in [2.45, 2.75) is 6.54 Å². The fourth-order valence-corrected chi connectivity index (χ4v) is 2.71. The van der Waals surface area contributed by atoms with Crippen LogP contribution in [0.15, 0.2) is 48.7 Å². The van der Waals surface area contributed by atoms with Crippen molar-refractivity contribution in [3.05, 3.63) is 64.8 Å². The van der Waals surface area contributed by atoms with Crippen LogP contribution in [0.4, 0.5) is 0 Å². The predicted molar refractivity (Wildman–Crippen MR) is 83.8 cm³/mol. The van der Waals surface area contributed by atoms with E-state index < -0.39 is 0 Å². The van der Waals surface area contributed by atoms with E-state index in [1.165, 1.54) is 0 Å². The Morgan fingerprint density at radius 2 is 2.10 bits per heavy atom. The molecule has 0 aliphatic rings. The molecule has 3 aromatic rings. The zero-order valence-electron chi connectivity index (χ0n) is 11.5. The number of fused-ring (bicyclic) bond motifs is 1. The molecule has 0 atom stereocenters. The number of ether oxygens (including phenoxy) is 1. The van der Waals surface area contributed by atoms with Crippen molar-refractivity contribution in [2.24, 2.45) is 0 Å². The summed E-state index contributed by atoms with van der Waals surface area (Å²) in [4.78, 5) is 0. The Labute approximate surface area is 127 Å². The number of halogens is 1. The predicted octanol–water partition coefficient (Wildman–Crippen LogP) is 4.22. The number of hydrogen-bond acceptors (Lipinski definition) is 2. The molecule has 0 spiro atoms. The highest BCUT2D eigenvalue weighted by molar-refractivity contribution is 6.35. The van der Waals surface area contributed by atoms with Crippen LogP contribution in [0.25, 0.3) is 10.9 Å². The van der Waals surface area contributed by atoms with Gasteiger partial charge in [-0.25, -0.2) is 0 Å². The summed E-state index contributed by atoms with van der Waals surface area (Å²) in [5.41, 5.74) is 2.65. The summed E-state index contributed by atoms with van der Waals surface area (Å²) >= 11 is 6.20. The molecule has 0 amide bonds. The van der Waals surface area contributed by atoms with E-state index in [4.69, 9.17) is 21.6 Å². The normalized spacial score (nSPS) is 10.5. The Kier molecular flexibility index (Phi) is 3.55. The fraction of sp³-hybridized carbons (Fsp3) is 0.118. The second-order valence-corrected chi connectivity index (χ2v) is 5.16. The lowest BCUT2D eigenvalue weighted by atomic mass is 10.1. The van der Waals surface area contributed by atoms with E-state index >= 15 is 0 Å². The molecule has 0 unspecified atom stereocenters. The van der Waals surface area contributed by atoms with Crippen LogP contribution in [0.2, 0.25) is 5.02 Å². The van der Waals surface area contributed by atoms with Crippen LogP contribution in [0.5, 0.6) is 5.75 Å². The number of nitriles is 1. The molecule has 0 aliphatic carbocycles. The van der Waals surface area contributed by atoms with Crippen molar-refractivity contribution >= 4 is 22.5 Å². The van der Waals surface area contributed by atoms with Gasteiger partial charge in [-0.15, -0.1) is 0 Å². The Balaban J connectivity index is 2.06. The first kappa shape index (κ1) is 13.5. The first-order valence-electron chi connectivity index (χ1n) is 6.53. The molecule has 0 saturated heterocycles. The molecular formula is C17H13ClN2O. The average molecular weight is 297 g/mol. The molecule has 1 heterocycles. The van der Waals surface area contributed by atoms with Crippen molar-refractivity contribution in [3.8, 4) is 11.8 Å². The average Bonchev–Trinajstić information content (AvgIpc) is 2.92. The van der Waals surface area contributed by atoms with E-state index in [1.54, 1.807) is 13.2 Å². The van der Waals surface area contributed by atoms with Crippen LogP contribution in [0.3, 0.4) is 0 Å². The second kappa shape index (κ2) is 5.51. The van der Waals surface area contributed by atoms with Crippen LogP contribution in [-0.4, -0.2) is 11.7 Å². The van der Waals surface area contributed by atoms with Crippen molar-refractivity contribution in [3.63, 3.8) is 0 Å². The molecule has 0 radical (unpaired) electrons. The lowest BCUT2D eigenvalue weighted by Crippen LogP contribution is -2.01. The molecule has 3 nitrogen and oxygen atoms in total. The van der Waals surface area contributed by atoms with Gasteiger partial charge in [-0.2, -0.15) is 5.26 Å². The highest BCUT2D eigenvalue weighted by Gasteiger charge is 2.09. The third-order valence-corrected chi connectivity index (χ3v) is 3.84. The number of methoxy groups -OCH3 is 1. The van der Waals surface area contributed by atoms with E-state index in [0.29, 0.717) is 12.1 Å². The zero-order valence-corrected chi connectivity index (χ0v) is 12.3. The monoisotopic (exact) mass is 296 g/mol. The number of rotatable bonds is 3. The Bertz CT molecular complexity index is 846. The number of benzene rings is 2. The van der Waals surface area contributed by atoms with Gasteiger partial charge in [0.1, 0.15) is 5.75 Å². The topological polar surface area (TPSA) is 37.9 Å². The van der Waals surface area contributed by atoms with Gasteiger partial charge < -0.3 is 9.30 Å². The molecular weight excluding hydrogens is 284 g/mol. The minimum atomic E-state index is 0.625. The molecule has 0 aliphatic heterocycles. The maximum Gasteiger partial charge on any atom is 0.123 e. The summed E-state index contributed by atoms with van der Waals surface area (Å²) in [5.74, 6) is 0.776. The Hall–Kier alpha value is -2.44. The molecule has 0 fully saturated rings. The van der Waals surface area contributed by atoms with Crippen molar-refractivity contribution in [1.29, 1.82) is 5.26 Å². The summed E-state index contributed by atoms with van der Waals surface area (Å²) in [7, 11) is 1.63. The van der Waals surface area contributed by atoms with E-state index in [0.717, 1.165) is 27.2 Å². The SMILES string of the molecule is COc1ccc(C#N)cc1Cn1ccc2c(Cl)cccc21. The number of aromatic nitrogens is 1. The van der Waals surface area contributed by atoms with Crippen LogP contribution in [-0.2, 0) is 6.54 Å². The zero-order chi connectivity index (χ0) is 14.8. The number of hydrogen-bond donors (Lipinski definition) is 0. The summed E-state index contributed by atoms with van der Waals surface area (Å²) in [5, 5.41) is 10.8. The van der Waals surface area contributed by atoms with Crippen LogP contribution < -0.4 is 4.74 Å². The summed E-state index contributed by atoms with van der Waals surface area (Å²) < 4.78 is 7.48. The maximum atomic E-state index is 9.04. The summed E-state index contributed by atoms with van der Waals surface area (Å²) in [6.45, 7) is 0.628. The van der Waals surface area contributed by atoms with Gasteiger partial charge in [-0.05, 0) is 36.4 Å². The Morgan fingerprint density at radius 3 is 2.86 bits per heavy atom. The van der Waals surface area contributed by atoms with Crippen LogP contribution in [0.1, 0.15) is 11.1 Å². The highest BCUT2D eigenvalue weighted by Crippen LogP contribution is 2.27. The molecule has 104 valence electrons. The van der Waals surface area contributed by atoms with Gasteiger partial charge in [0.05, 0.1) is 25.3 Å². The molecule has 21 heavy (non-hydrogen) atoms. The van der Waals surface area contributed by atoms with Crippen molar-refractivity contribution < 1.29 is 4.74 Å². The molecule has 4 heteroatoms. The smallest absolute Gasteiger partial charge is 0.123 e. The molecule has 0 saturated carbocycles. The standard InChI is InChI=1S/C17H13ClN2O/c1-21-17-6-5-12(10-19)9-13(17)11-20-8-7-14-15(18)3-2-4-16(14)20/h2-9H,11H2,1H3. The largest absolute Gasteiger partial charge is 0.496 e. The second-order valence-electron chi connectivity index (χ2n) is 4.75. The van der Waals surface area contributed by atoms with Crippen LogP contribution in [0, 0.1) is 11.3 Å². The van der Waals surface area contributed by atoms with Crippen molar-refractivity contribution in [1.82, 2.24) is 4.57 Å². The molecule has 0 N–H and O–H groups in total. The minimum Gasteiger partial charge on any atom is -0.496 e. The molecule has 1 aromatic heterocycles. The fourth-order valence-electron chi connectivity index (χ4n) is 2.48. The molecule has 2 aromatic carbocycles.